The van der Waals surface area contributed by atoms with Gasteiger partial charge in [0.05, 0.1) is 18.9 Å². The lowest BCUT2D eigenvalue weighted by atomic mass is 9.74. The summed E-state index contributed by atoms with van der Waals surface area (Å²) in [6.45, 7) is 5.32. The third kappa shape index (κ3) is 3.38. The normalized spacial score (nSPS) is 23.6. The maximum atomic E-state index is 13.7. The predicted molar refractivity (Wildman–Crippen MR) is 108 cm³/mol. The van der Waals surface area contributed by atoms with Crippen molar-refractivity contribution in [3.63, 3.8) is 0 Å². The van der Waals surface area contributed by atoms with Gasteiger partial charge >= 0.3 is 0 Å². The van der Waals surface area contributed by atoms with Crippen molar-refractivity contribution in [1.29, 1.82) is 0 Å². The molecule has 2 aliphatic rings. The average Bonchev–Trinajstić information content (AvgIpc) is 3.19. The van der Waals surface area contributed by atoms with Gasteiger partial charge in [0, 0.05) is 37.1 Å². The van der Waals surface area contributed by atoms with Crippen LogP contribution in [0.1, 0.15) is 30.9 Å². The van der Waals surface area contributed by atoms with Crippen LogP contribution in [0, 0.1) is 5.82 Å². The Morgan fingerprint density at radius 2 is 1.82 bits per heavy atom. The molecule has 146 valence electrons. The van der Waals surface area contributed by atoms with E-state index >= 15 is 0 Å². The maximum Gasteiger partial charge on any atom is 0.145 e. The van der Waals surface area contributed by atoms with E-state index in [0.717, 1.165) is 42.8 Å². The molecule has 2 atom stereocenters. The summed E-state index contributed by atoms with van der Waals surface area (Å²) in [5.74, 6) is -0.248. The first-order valence-corrected chi connectivity index (χ1v) is 9.86. The van der Waals surface area contributed by atoms with E-state index < -0.39 is 5.54 Å². The molecular weight excluding hydrogens is 355 g/mol. The van der Waals surface area contributed by atoms with E-state index in [4.69, 9.17) is 14.7 Å². The monoisotopic (exact) mass is 380 g/mol. The topological polar surface area (TPSA) is 50.1 Å². The number of hydrogen-bond acceptors (Lipinski definition) is 5. The SMILES string of the molecule is CCCC(N1CCOCC1)C1(c2ccc(F)cc2)N=CN=C1c1ccncc1. The highest BCUT2D eigenvalue weighted by atomic mass is 19.1. The number of halogens is 1. The summed E-state index contributed by atoms with van der Waals surface area (Å²) < 4.78 is 19.3. The van der Waals surface area contributed by atoms with Gasteiger partial charge in [-0.3, -0.25) is 14.9 Å². The van der Waals surface area contributed by atoms with Crippen LogP contribution in [0.4, 0.5) is 4.39 Å². The van der Waals surface area contributed by atoms with Crippen molar-refractivity contribution >= 4 is 12.1 Å². The Bertz CT molecular complexity index is 847. The van der Waals surface area contributed by atoms with Gasteiger partial charge in [0.2, 0.25) is 0 Å². The molecule has 4 rings (SSSR count). The number of hydrogen-bond donors (Lipinski definition) is 0. The first kappa shape index (κ1) is 18.9. The molecular formula is C22H25FN4O. The Hall–Kier alpha value is -2.44. The number of aromatic nitrogens is 1. The molecule has 3 heterocycles. The van der Waals surface area contributed by atoms with Crippen molar-refractivity contribution in [2.45, 2.75) is 31.3 Å². The Balaban J connectivity index is 1.86. The lowest BCUT2D eigenvalue weighted by Crippen LogP contribution is -2.56. The summed E-state index contributed by atoms with van der Waals surface area (Å²) in [5, 5.41) is 0. The minimum absolute atomic E-state index is 0.109. The zero-order valence-corrected chi connectivity index (χ0v) is 16.1. The molecule has 2 aliphatic heterocycles. The molecule has 0 amide bonds. The third-order valence-corrected chi connectivity index (χ3v) is 5.58. The number of ether oxygens (including phenoxy) is 1. The highest BCUT2D eigenvalue weighted by Gasteiger charge is 2.49. The highest BCUT2D eigenvalue weighted by Crippen LogP contribution is 2.41. The molecule has 0 bridgehead atoms. The second kappa shape index (κ2) is 8.29. The van der Waals surface area contributed by atoms with E-state index in [1.165, 1.54) is 12.1 Å². The fourth-order valence-electron chi connectivity index (χ4n) is 4.31. The molecule has 0 saturated carbocycles. The van der Waals surface area contributed by atoms with E-state index in [0.29, 0.717) is 13.2 Å². The fourth-order valence-corrected chi connectivity index (χ4v) is 4.31. The highest BCUT2D eigenvalue weighted by molar-refractivity contribution is 6.14. The summed E-state index contributed by atoms with van der Waals surface area (Å²) in [6.07, 6.45) is 7.18. The van der Waals surface area contributed by atoms with Crippen LogP contribution in [0.5, 0.6) is 0 Å². The minimum atomic E-state index is -0.678. The number of pyridine rings is 1. The van der Waals surface area contributed by atoms with Crippen LogP contribution < -0.4 is 0 Å². The second-order valence-corrected chi connectivity index (χ2v) is 7.18. The van der Waals surface area contributed by atoms with Crippen LogP contribution in [-0.4, -0.2) is 54.3 Å². The molecule has 0 spiro atoms. The molecule has 1 aromatic heterocycles. The van der Waals surface area contributed by atoms with Gasteiger partial charge in [-0.15, -0.1) is 0 Å². The van der Waals surface area contributed by atoms with E-state index in [1.54, 1.807) is 18.7 Å². The molecule has 5 nitrogen and oxygen atoms in total. The van der Waals surface area contributed by atoms with Gasteiger partial charge in [-0.05, 0) is 36.2 Å². The number of morpholine rings is 1. The van der Waals surface area contributed by atoms with E-state index in [2.05, 4.69) is 16.8 Å². The van der Waals surface area contributed by atoms with Gasteiger partial charge in [0.1, 0.15) is 17.7 Å². The second-order valence-electron chi connectivity index (χ2n) is 7.18. The van der Waals surface area contributed by atoms with Gasteiger partial charge < -0.3 is 4.74 Å². The molecule has 1 saturated heterocycles. The number of nitrogens with zero attached hydrogens (tertiary/aromatic N) is 4. The van der Waals surface area contributed by atoms with Gasteiger partial charge in [-0.1, -0.05) is 25.5 Å². The van der Waals surface area contributed by atoms with E-state index in [1.807, 2.05) is 24.3 Å². The third-order valence-electron chi connectivity index (χ3n) is 5.58. The Morgan fingerprint density at radius 3 is 2.50 bits per heavy atom. The quantitative estimate of drug-likeness (QED) is 0.771. The number of benzene rings is 1. The maximum absolute atomic E-state index is 13.7. The lowest BCUT2D eigenvalue weighted by Gasteiger charge is -2.44. The van der Waals surface area contributed by atoms with Crippen LogP contribution in [0.25, 0.3) is 0 Å². The fraction of sp³-hybridized carbons (Fsp3) is 0.409. The van der Waals surface area contributed by atoms with Crippen molar-refractivity contribution in [3.05, 3.63) is 65.7 Å². The summed E-state index contributed by atoms with van der Waals surface area (Å²) >= 11 is 0. The predicted octanol–water partition coefficient (Wildman–Crippen LogP) is 3.45. The summed E-state index contributed by atoms with van der Waals surface area (Å²) in [6, 6.07) is 10.8. The Kier molecular flexibility index (Phi) is 5.59. The van der Waals surface area contributed by atoms with Crippen molar-refractivity contribution in [3.8, 4) is 0 Å². The van der Waals surface area contributed by atoms with E-state index in [9.17, 15) is 4.39 Å². The standard InChI is InChI=1S/C22H25FN4O/c1-2-3-20(27-12-14-28-15-13-27)22(18-4-6-19(23)7-5-18)21(25-16-26-22)17-8-10-24-11-9-17/h4-11,16,20H,2-3,12-15H2,1H3. The molecule has 0 N–H and O–H groups in total. The molecule has 1 aromatic carbocycles. The first-order chi connectivity index (χ1) is 13.8. The smallest absolute Gasteiger partial charge is 0.145 e. The molecule has 6 heteroatoms. The number of aliphatic imine (C=N–C) groups is 2. The van der Waals surface area contributed by atoms with E-state index in [-0.39, 0.29) is 11.9 Å². The van der Waals surface area contributed by atoms with Crippen molar-refractivity contribution in [2.24, 2.45) is 9.98 Å². The molecule has 28 heavy (non-hydrogen) atoms. The lowest BCUT2D eigenvalue weighted by molar-refractivity contribution is 0.00317. The molecule has 0 radical (unpaired) electrons. The summed E-state index contributed by atoms with van der Waals surface area (Å²) in [7, 11) is 0. The summed E-state index contributed by atoms with van der Waals surface area (Å²) in [4.78, 5) is 16.3. The van der Waals surface area contributed by atoms with Crippen molar-refractivity contribution in [2.75, 3.05) is 26.3 Å². The number of rotatable bonds is 6. The van der Waals surface area contributed by atoms with Gasteiger partial charge in [0.25, 0.3) is 0 Å². The Morgan fingerprint density at radius 1 is 1.11 bits per heavy atom. The molecule has 2 aromatic rings. The average molecular weight is 380 g/mol. The summed E-state index contributed by atoms with van der Waals surface area (Å²) in [5.41, 5.74) is 2.17. The van der Waals surface area contributed by atoms with Crippen LogP contribution in [0.2, 0.25) is 0 Å². The zero-order valence-electron chi connectivity index (χ0n) is 16.1. The van der Waals surface area contributed by atoms with Crippen molar-refractivity contribution in [1.82, 2.24) is 9.88 Å². The molecule has 0 aliphatic carbocycles. The van der Waals surface area contributed by atoms with Crippen LogP contribution in [-0.2, 0) is 10.3 Å². The minimum Gasteiger partial charge on any atom is -0.379 e. The van der Waals surface area contributed by atoms with Gasteiger partial charge in [-0.25, -0.2) is 9.38 Å². The van der Waals surface area contributed by atoms with Crippen LogP contribution in [0.15, 0.2) is 58.8 Å². The largest absolute Gasteiger partial charge is 0.379 e. The Labute approximate surface area is 165 Å². The first-order valence-electron chi connectivity index (χ1n) is 9.86. The molecule has 2 unspecified atom stereocenters. The van der Waals surface area contributed by atoms with Gasteiger partial charge in [0.15, 0.2) is 0 Å². The zero-order chi connectivity index (χ0) is 19.4. The van der Waals surface area contributed by atoms with Crippen molar-refractivity contribution < 1.29 is 9.13 Å². The van der Waals surface area contributed by atoms with Crippen LogP contribution >= 0.6 is 0 Å². The van der Waals surface area contributed by atoms with Gasteiger partial charge in [-0.2, -0.15) is 0 Å². The molecule has 1 fully saturated rings. The van der Waals surface area contributed by atoms with Crippen LogP contribution in [0.3, 0.4) is 0 Å².